The molecule has 0 fully saturated rings. The van der Waals surface area contributed by atoms with Crippen LogP contribution in [0.3, 0.4) is 0 Å². The van der Waals surface area contributed by atoms with Crippen LogP contribution in [0.15, 0.2) is 36.4 Å². The molecule has 0 saturated heterocycles. The highest BCUT2D eigenvalue weighted by Crippen LogP contribution is 2.25. The number of anilines is 2. The van der Waals surface area contributed by atoms with Gasteiger partial charge in [-0.25, -0.2) is 8.42 Å². The van der Waals surface area contributed by atoms with Gasteiger partial charge in [-0.05, 0) is 43.2 Å². The third-order valence-corrected chi connectivity index (χ3v) is 5.17. The van der Waals surface area contributed by atoms with Crippen LogP contribution in [0.2, 0.25) is 0 Å². The Bertz CT molecular complexity index is 986. The first kappa shape index (κ1) is 19.4. The van der Waals surface area contributed by atoms with E-state index in [1.165, 1.54) is 25.2 Å². The number of hydrogen-bond acceptors (Lipinski definition) is 5. The Morgan fingerprint density at radius 2 is 1.77 bits per heavy atom. The molecular formula is C17H19N3O5S. The van der Waals surface area contributed by atoms with E-state index in [1.54, 1.807) is 32.0 Å². The summed E-state index contributed by atoms with van der Waals surface area (Å²) in [5.74, 6) is -0.440. The van der Waals surface area contributed by atoms with Crippen molar-refractivity contribution in [1.29, 1.82) is 0 Å². The monoisotopic (exact) mass is 377 g/mol. The maximum absolute atomic E-state index is 12.5. The molecule has 0 spiro atoms. The Balaban J connectivity index is 2.30. The van der Waals surface area contributed by atoms with Crippen LogP contribution in [0.25, 0.3) is 0 Å². The molecule has 1 N–H and O–H groups in total. The van der Waals surface area contributed by atoms with Crippen molar-refractivity contribution in [2.45, 2.75) is 13.8 Å². The zero-order valence-corrected chi connectivity index (χ0v) is 15.6. The summed E-state index contributed by atoms with van der Waals surface area (Å²) in [7, 11) is -1.98. The molecule has 138 valence electrons. The molecular weight excluding hydrogens is 358 g/mol. The van der Waals surface area contributed by atoms with E-state index < -0.39 is 20.9 Å². The number of nitrogens with zero attached hydrogens (tertiary/aromatic N) is 2. The molecule has 1 amide bonds. The molecule has 9 heteroatoms. The van der Waals surface area contributed by atoms with Gasteiger partial charge >= 0.3 is 0 Å². The Labute approximate surface area is 151 Å². The summed E-state index contributed by atoms with van der Waals surface area (Å²) in [5.41, 5.74) is 2.32. The van der Waals surface area contributed by atoms with Crippen LogP contribution >= 0.6 is 0 Å². The Morgan fingerprint density at radius 3 is 2.31 bits per heavy atom. The third-order valence-electron chi connectivity index (χ3n) is 3.98. The summed E-state index contributed by atoms with van der Waals surface area (Å²) in [4.78, 5) is 22.8. The number of amides is 1. The lowest BCUT2D eigenvalue weighted by molar-refractivity contribution is -0.384. The van der Waals surface area contributed by atoms with Gasteiger partial charge in [0.25, 0.3) is 11.6 Å². The van der Waals surface area contributed by atoms with Crippen molar-refractivity contribution < 1.29 is 18.1 Å². The smallest absolute Gasteiger partial charge is 0.271 e. The van der Waals surface area contributed by atoms with E-state index in [2.05, 4.69) is 5.32 Å². The molecule has 0 saturated carbocycles. The van der Waals surface area contributed by atoms with Crippen LogP contribution in [-0.4, -0.2) is 32.6 Å². The lowest BCUT2D eigenvalue weighted by Gasteiger charge is -2.19. The van der Waals surface area contributed by atoms with Crippen LogP contribution < -0.4 is 9.62 Å². The highest BCUT2D eigenvalue weighted by atomic mass is 32.2. The highest BCUT2D eigenvalue weighted by molar-refractivity contribution is 7.92. The number of non-ortho nitro benzene ring substituents is 1. The number of aryl methyl sites for hydroxylation is 2. The minimum atomic E-state index is -3.41. The van der Waals surface area contributed by atoms with E-state index in [0.29, 0.717) is 28.1 Å². The molecule has 0 aliphatic heterocycles. The fraction of sp³-hybridized carbons (Fsp3) is 0.235. The standard InChI is InChI=1S/C17H19N3O5S/c1-11-5-7-14(20(22)23)10-15(11)18-17(21)13-6-8-16(12(2)9-13)19(3)26(4,24)25/h5-10H,1-4H3,(H,18,21). The fourth-order valence-corrected chi connectivity index (χ4v) is 2.94. The molecule has 8 nitrogen and oxygen atoms in total. The number of carbonyl (C=O) groups excluding carboxylic acids is 1. The van der Waals surface area contributed by atoms with Crippen LogP contribution in [0.5, 0.6) is 0 Å². The predicted molar refractivity (Wildman–Crippen MR) is 100 cm³/mol. The van der Waals surface area contributed by atoms with Crippen molar-refractivity contribution in [3.63, 3.8) is 0 Å². The summed E-state index contributed by atoms with van der Waals surface area (Å²) < 4.78 is 24.5. The van der Waals surface area contributed by atoms with E-state index in [9.17, 15) is 23.3 Å². The van der Waals surface area contributed by atoms with Gasteiger partial charge in [-0.3, -0.25) is 19.2 Å². The van der Waals surface area contributed by atoms with Crippen molar-refractivity contribution >= 4 is 33.0 Å². The molecule has 0 radical (unpaired) electrons. The van der Waals surface area contributed by atoms with Crippen molar-refractivity contribution in [3.8, 4) is 0 Å². The fourth-order valence-electron chi connectivity index (χ4n) is 2.38. The molecule has 26 heavy (non-hydrogen) atoms. The summed E-state index contributed by atoms with van der Waals surface area (Å²) in [6.45, 7) is 3.43. The van der Waals surface area contributed by atoms with Crippen molar-refractivity contribution in [2.24, 2.45) is 0 Å². The lowest BCUT2D eigenvalue weighted by atomic mass is 10.1. The molecule has 2 rings (SSSR count). The molecule has 0 aromatic heterocycles. The number of benzene rings is 2. The predicted octanol–water partition coefficient (Wildman–Crippen LogP) is 2.86. The first-order valence-corrected chi connectivity index (χ1v) is 9.46. The third kappa shape index (κ3) is 4.17. The van der Waals surface area contributed by atoms with Gasteiger partial charge in [0.1, 0.15) is 0 Å². The van der Waals surface area contributed by atoms with Gasteiger partial charge in [-0.15, -0.1) is 0 Å². The molecule has 0 aliphatic carbocycles. The van der Waals surface area contributed by atoms with Crippen LogP contribution in [0.1, 0.15) is 21.5 Å². The zero-order chi connectivity index (χ0) is 19.6. The second kappa shape index (κ2) is 7.12. The lowest BCUT2D eigenvalue weighted by Crippen LogP contribution is -2.25. The molecule has 0 bridgehead atoms. The molecule has 2 aromatic rings. The maximum atomic E-state index is 12.5. The van der Waals surface area contributed by atoms with Gasteiger partial charge in [-0.2, -0.15) is 0 Å². The van der Waals surface area contributed by atoms with Crippen molar-refractivity contribution in [2.75, 3.05) is 22.9 Å². The van der Waals surface area contributed by atoms with E-state index in [1.807, 2.05) is 0 Å². The van der Waals surface area contributed by atoms with E-state index in [4.69, 9.17) is 0 Å². The number of carbonyl (C=O) groups is 1. The topological polar surface area (TPSA) is 110 Å². The number of nitro groups is 1. The van der Waals surface area contributed by atoms with E-state index in [-0.39, 0.29) is 5.69 Å². The van der Waals surface area contributed by atoms with Gasteiger partial charge in [0, 0.05) is 24.7 Å². The highest BCUT2D eigenvalue weighted by Gasteiger charge is 2.17. The Morgan fingerprint density at radius 1 is 1.12 bits per heavy atom. The van der Waals surface area contributed by atoms with Crippen LogP contribution in [-0.2, 0) is 10.0 Å². The minimum Gasteiger partial charge on any atom is -0.321 e. The van der Waals surface area contributed by atoms with Crippen LogP contribution in [0.4, 0.5) is 17.1 Å². The Hall–Kier alpha value is -2.94. The average molecular weight is 377 g/mol. The second-order valence-corrected chi connectivity index (χ2v) is 7.96. The molecule has 0 unspecified atom stereocenters. The minimum absolute atomic E-state index is 0.118. The number of nitro benzene ring substituents is 1. The normalized spacial score (nSPS) is 11.1. The molecule has 0 aliphatic rings. The molecule has 0 atom stereocenters. The summed E-state index contributed by atoms with van der Waals surface area (Å²) >= 11 is 0. The molecule has 2 aromatic carbocycles. The van der Waals surface area contributed by atoms with Gasteiger partial charge in [-0.1, -0.05) is 6.07 Å². The largest absolute Gasteiger partial charge is 0.321 e. The summed E-state index contributed by atoms with van der Waals surface area (Å²) in [6.07, 6.45) is 1.10. The number of rotatable bonds is 5. The van der Waals surface area contributed by atoms with Crippen molar-refractivity contribution in [3.05, 3.63) is 63.2 Å². The summed E-state index contributed by atoms with van der Waals surface area (Å²) in [6, 6.07) is 8.84. The number of hydrogen-bond donors (Lipinski definition) is 1. The Kier molecular flexibility index (Phi) is 5.31. The molecule has 0 heterocycles. The van der Waals surface area contributed by atoms with Gasteiger partial charge in [0.2, 0.25) is 10.0 Å². The maximum Gasteiger partial charge on any atom is 0.271 e. The van der Waals surface area contributed by atoms with Crippen LogP contribution in [0, 0.1) is 24.0 Å². The summed E-state index contributed by atoms with van der Waals surface area (Å²) in [5, 5.41) is 13.5. The van der Waals surface area contributed by atoms with E-state index in [0.717, 1.165) is 10.6 Å². The first-order valence-electron chi connectivity index (χ1n) is 7.61. The van der Waals surface area contributed by atoms with E-state index >= 15 is 0 Å². The first-order chi connectivity index (χ1) is 12.0. The average Bonchev–Trinajstić information content (AvgIpc) is 2.55. The zero-order valence-electron chi connectivity index (χ0n) is 14.8. The SMILES string of the molecule is Cc1ccc([N+](=O)[O-])cc1NC(=O)c1ccc(N(C)S(C)(=O)=O)c(C)c1. The van der Waals surface area contributed by atoms with Gasteiger partial charge in [0.15, 0.2) is 0 Å². The van der Waals surface area contributed by atoms with Gasteiger partial charge in [0.05, 0.1) is 22.6 Å². The number of nitrogens with one attached hydrogen (secondary N) is 1. The van der Waals surface area contributed by atoms with Crippen molar-refractivity contribution in [1.82, 2.24) is 0 Å². The second-order valence-electron chi connectivity index (χ2n) is 5.94. The number of sulfonamides is 1. The quantitative estimate of drug-likeness (QED) is 0.636. The van der Waals surface area contributed by atoms with Gasteiger partial charge < -0.3 is 5.32 Å².